The summed E-state index contributed by atoms with van der Waals surface area (Å²) in [5.74, 6) is -1.44. The van der Waals surface area contributed by atoms with Crippen molar-refractivity contribution in [1.82, 2.24) is 19.6 Å². The molecular weight excluding hydrogens is 404 g/mol. The van der Waals surface area contributed by atoms with Crippen LogP contribution in [0.5, 0.6) is 0 Å². The van der Waals surface area contributed by atoms with Gasteiger partial charge in [0, 0.05) is 66.2 Å². The Labute approximate surface area is 195 Å². The van der Waals surface area contributed by atoms with Gasteiger partial charge in [-0.05, 0) is 51.4 Å². The van der Waals surface area contributed by atoms with Crippen LogP contribution in [0.2, 0.25) is 0 Å². The Morgan fingerprint density at radius 1 is 0.469 bits per heavy atom. The number of carbonyl (C=O) groups excluding carboxylic acids is 1. The van der Waals surface area contributed by atoms with Gasteiger partial charge in [-0.2, -0.15) is 0 Å². The first kappa shape index (κ1) is 24.2. The van der Waals surface area contributed by atoms with Crippen LogP contribution in [0.25, 0.3) is 0 Å². The van der Waals surface area contributed by atoms with Gasteiger partial charge in [0.1, 0.15) is 0 Å². The van der Waals surface area contributed by atoms with E-state index in [9.17, 15) is 4.79 Å². The van der Waals surface area contributed by atoms with Gasteiger partial charge in [0.15, 0.2) is 0 Å². The standard InChI is InChI=1S/C25H46N4O3/c1-24(26-15-7-3-8-16-26,27-17-9-4-10-18-27)31-23(30)32-25(2,28-19-11-5-12-20-28)29-21-13-6-14-22-29/h3-22H2,1-2H3. The normalized spacial score (nSPS) is 26.1. The maximum atomic E-state index is 13.5. The molecule has 7 heteroatoms. The molecule has 7 nitrogen and oxygen atoms in total. The molecule has 4 heterocycles. The number of piperidine rings is 4. The minimum atomic E-state index is -0.720. The fourth-order valence-electron chi connectivity index (χ4n) is 6.23. The molecule has 0 aromatic carbocycles. The van der Waals surface area contributed by atoms with Crippen LogP contribution in [-0.2, 0) is 9.47 Å². The Kier molecular flexibility index (Phi) is 8.35. The molecule has 0 spiro atoms. The number of carbonyl (C=O) groups is 1. The number of hydrogen-bond donors (Lipinski definition) is 0. The molecule has 4 aliphatic heterocycles. The molecule has 4 rings (SSSR count). The van der Waals surface area contributed by atoms with Crippen molar-refractivity contribution >= 4 is 6.16 Å². The maximum Gasteiger partial charge on any atom is 0.513 e. The highest BCUT2D eigenvalue weighted by atomic mass is 16.8. The predicted octanol–water partition coefficient (Wildman–Crippen LogP) is 4.43. The van der Waals surface area contributed by atoms with Gasteiger partial charge >= 0.3 is 6.16 Å². The van der Waals surface area contributed by atoms with Crippen molar-refractivity contribution in [3.8, 4) is 0 Å². The van der Waals surface area contributed by atoms with Gasteiger partial charge in [0.2, 0.25) is 11.7 Å². The largest absolute Gasteiger partial charge is 0.513 e. The Bertz CT molecular complexity index is 506. The van der Waals surface area contributed by atoms with Gasteiger partial charge in [-0.15, -0.1) is 0 Å². The predicted molar refractivity (Wildman–Crippen MR) is 126 cm³/mol. The zero-order valence-corrected chi connectivity index (χ0v) is 20.7. The van der Waals surface area contributed by atoms with Crippen LogP contribution in [0.15, 0.2) is 0 Å². The third-order valence-corrected chi connectivity index (χ3v) is 8.32. The van der Waals surface area contributed by atoms with E-state index in [0.29, 0.717) is 0 Å². The first-order valence-electron chi connectivity index (χ1n) is 13.4. The molecule has 4 fully saturated rings. The van der Waals surface area contributed by atoms with E-state index in [1.165, 1.54) is 77.0 Å². The van der Waals surface area contributed by atoms with Gasteiger partial charge in [-0.3, -0.25) is 19.6 Å². The van der Waals surface area contributed by atoms with Gasteiger partial charge in [0.25, 0.3) is 0 Å². The summed E-state index contributed by atoms with van der Waals surface area (Å²) in [6.45, 7) is 12.1. The fourth-order valence-corrected chi connectivity index (χ4v) is 6.23. The van der Waals surface area contributed by atoms with E-state index < -0.39 is 17.9 Å². The van der Waals surface area contributed by atoms with Crippen LogP contribution in [0.4, 0.5) is 4.79 Å². The van der Waals surface area contributed by atoms with E-state index in [1.54, 1.807) is 0 Å². The van der Waals surface area contributed by atoms with E-state index in [1.807, 2.05) is 0 Å². The number of nitrogens with zero attached hydrogens (tertiary/aromatic N) is 4. The Balaban J connectivity index is 1.51. The van der Waals surface area contributed by atoms with E-state index in [0.717, 1.165) is 52.4 Å². The molecule has 0 aromatic rings. The van der Waals surface area contributed by atoms with Crippen molar-refractivity contribution in [3.05, 3.63) is 0 Å². The van der Waals surface area contributed by atoms with Gasteiger partial charge in [-0.25, -0.2) is 4.79 Å². The Morgan fingerprint density at radius 2 is 0.688 bits per heavy atom. The second kappa shape index (κ2) is 11.0. The smallest absolute Gasteiger partial charge is 0.399 e. The molecule has 0 unspecified atom stereocenters. The zero-order valence-electron chi connectivity index (χ0n) is 20.7. The molecule has 4 aliphatic rings. The summed E-state index contributed by atoms with van der Waals surface area (Å²) < 4.78 is 12.7. The molecular formula is C25H46N4O3. The molecule has 0 atom stereocenters. The lowest BCUT2D eigenvalue weighted by molar-refractivity contribution is -0.261. The van der Waals surface area contributed by atoms with Crippen molar-refractivity contribution in [2.45, 2.75) is 103 Å². The van der Waals surface area contributed by atoms with Gasteiger partial charge in [-0.1, -0.05) is 25.7 Å². The molecule has 4 saturated heterocycles. The number of hydrogen-bond acceptors (Lipinski definition) is 7. The highest BCUT2D eigenvalue weighted by Crippen LogP contribution is 2.33. The molecule has 0 bridgehead atoms. The average Bonchev–Trinajstić information content (AvgIpc) is 2.86. The molecule has 0 aromatic heterocycles. The summed E-state index contributed by atoms with van der Waals surface area (Å²) in [5.41, 5.74) is 0. The van der Waals surface area contributed by atoms with Crippen LogP contribution < -0.4 is 0 Å². The minimum Gasteiger partial charge on any atom is -0.399 e. The maximum absolute atomic E-state index is 13.5. The topological polar surface area (TPSA) is 48.5 Å². The summed E-state index contributed by atoms with van der Waals surface area (Å²) in [6, 6.07) is 0. The molecule has 0 N–H and O–H groups in total. The summed E-state index contributed by atoms with van der Waals surface area (Å²) in [7, 11) is 0. The summed E-state index contributed by atoms with van der Waals surface area (Å²) in [4.78, 5) is 23.0. The second-order valence-corrected chi connectivity index (χ2v) is 10.5. The van der Waals surface area contributed by atoms with Crippen LogP contribution in [0.3, 0.4) is 0 Å². The van der Waals surface area contributed by atoms with E-state index in [4.69, 9.17) is 9.47 Å². The van der Waals surface area contributed by atoms with Crippen molar-refractivity contribution < 1.29 is 14.3 Å². The third kappa shape index (κ3) is 5.43. The molecule has 0 amide bonds. The number of likely N-dealkylation sites (tertiary alicyclic amines) is 4. The number of rotatable bonds is 6. The summed E-state index contributed by atoms with van der Waals surface area (Å²) >= 11 is 0. The molecule has 184 valence electrons. The SMILES string of the molecule is CC(OC(=O)OC(C)(N1CCCCC1)N1CCCCC1)(N1CCCCC1)N1CCCCC1. The Hall–Kier alpha value is -0.890. The summed E-state index contributed by atoms with van der Waals surface area (Å²) in [5, 5.41) is 0. The molecule has 0 aliphatic carbocycles. The monoisotopic (exact) mass is 450 g/mol. The van der Waals surface area contributed by atoms with Crippen LogP contribution in [0.1, 0.15) is 90.9 Å². The Morgan fingerprint density at radius 3 is 0.906 bits per heavy atom. The molecule has 32 heavy (non-hydrogen) atoms. The van der Waals surface area contributed by atoms with E-state index in [2.05, 4.69) is 33.4 Å². The fraction of sp³-hybridized carbons (Fsp3) is 0.960. The molecule has 0 saturated carbocycles. The first-order chi connectivity index (χ1) is 15.5. The van der Waals surface area contributed by atoms with Crippen molar-refractivity contribution in [3.63, 3.8) is 0 Å². The lowest BCUT2D eigenvalue weighted by Gasteiger charge is -2.52. The van der Waals surface area contributed by atoms with Gasteiger partial charge < -0.3 is 9.47 Å². The average molecular weight is 451 g/mol. The van der Waals surface area contributed by atoms with Crippen molar-refractivity contribution in [1.29, 1.82) is 0 Å². The van der Waals surface area contributed by atoms with Crippen LogP contribution >= 0.6 is 0 Å². The molecule has 0 radical (unpaired) electrons. The lowest BCUT2D eigenvalue weighted by atomic mass is 10.1. The van der Waals surface area contributed by atoms with Crippen LogP contribution in [-0.4, -0.2) is 89.8 Å². The summed E-state index contributed by atoms with van der Waals surface area (Å²) in [6.07, 6.45) is 13.9. The second-order valence-electron chi connectivity index (χ2n) is 10.5. The highest BCUT2D eigenvalue weighted by Gasteiger charge is 2.47. The zero-order chi connectivity index (χ0) is 22.4. The van der Waals surface area contributed by atoms with E-state index in [-0.39, 0.29) is 0 Å². The minimum absolute atomic E-state index is 0.512. The van der Waals surface area contributed by atoms with Crippen molar-refractivity contribution in [2.24, 2.45) is 0 Å². The quantitative estimate of drug-likeness (QED) is 0.555. The number of ether oxygens (including phenoxy) is 2. The first-order valence-corrected chi connectivity index (χ1v) is 13.4. The van der Waals surface area contributed by atoms with E-state index >= 15 is 0 Å². The van der Waals surface area contributed by atoms with Crippen LogP contribution in [0, 0.1) is 0 Å². The lowest BCUT2D eigenvalue weighted by Crippen LogP contribution is -2.66. The van der Waals surface area contributed by atoms with Gasteiger partial charge in [0.05, 0.1) is 0 Å². The van der Waals surface area contributed by atoms with Crippen molar-refractivity contribution in [2.75, 3.05) is 52.4 Å². The third-order valence-electron chi connectivity index (χ3n) is 8.32. The highest BCUT2D eigenvalue weighted by molar-refractivity contribution is 5.61.